The minimum absolute atomic E-state index is 0.221. The van der Waals surface area contributed by atoms with Gasteiger partial charge in [-0.05, 0) is 42.3 Å². The van der Waals surface area contributed by atoms with E-state index in [0.717, 1.165) is 22.5 Å². The quantitative estimate of drug-likeness (QED) is 0.404. The van der Waals surface area contributed by atoms with E-state index in [0.29, 0.717) is 11.3 Å². The molecule has 0 heterocycles. The zero-order valence-electron chi connectivity index (χ0n) is 13.8. The van der Waals surface area contributed by atoms with Crippen molar-refractivity contribution >= 4 is 33.7 Å². The van der Waals surface area contributed by atoms with Crippen LogP contribution in [0.1, 0.15) is 18.1 Å². The maximum absolute atomic E-state index is 11.8. The van der Waals surface area contributed by atoms with Gasteiger partial charge in [-0.15, -0.1) is 0 Å². The minimum Gasteiger partial charge on any atom is -0.502 e. The molecule has 0 aromatic heterocycles. The van der Waals surface area contributed by atoms with E-state index >= 15 is 0 Å². The van der Waals surface area contributed by atoms with E-state index in [-0.39, 0.29) is 6.61 Å². The lowest BCUT2D eigenvalue weighted by Gasteiger charge is -2.09. The van der Waals surface area contributed by atoms with Crippen molar-refractivity contribution < 1.29 is 19.6 Å². The SMILES string of the molecule is CCc1cc(Br)ccc1OCC(=O)N/N=C/c1ccc(O)c([N+](=O)[O-])c1. The fourth-order valence-corrected chi connectivity index (χ4v) is 2.49. The number of ether oxygens (including phenoxy) is 1. The third-order valence-electron chi connectivity index (χ3n) is 3.36. The average Bonchev–Trinajstić information content (AvgIpc) is 2.61. The Bertz CT molecular complexity index is 854. The number of benzene rings is 2. The van der Waals surface area contributed by atoms with Crippen LogP contribution in [0, 0.1) is 10.1 Å². The number of halogens is 1. The van der Waals surface area contributed by atoms with Gasteiger partial charge in [-0.25, -0.2) is 5.43 Å². The van der Waals surface area contributed by atoms with Crippen molar-refractivity contribution in [2.24, 2.45) is 5.10 Å². The molecule has 0 radical (unpaired) electrons. The molecule has 0 spiro atoms. The van der Waals surface area contributed by atoms with Gasteiger partial charge in [0.25, 0.3) is 5.91 Å². The molecule has 2 rings (SSSR count). The molecule has 1 amide bonds. The fourth-order valence-electron chi connectivity index (χ4n) is 2.09. The number of aromatic hydroxyl groups is 1. The minimum atomic E-state index is -0.706. The number of hydrazone groups is 1. The highest BCUT2D eigenvalue weighted by Gasteiger charge is 2.12. The highest BCUT2D eigenvalue weighted by atomic mass is 79.9. The van der Waals surface area contributed by atoms with Gasteiger partial charge in [0, 0.05) is 16.1 Å². The summed E-state index contributed by atoms with van der Waals surface area (Å²) >= 11 is 3.38. The van der Waals surface area contributed by atoms with E-state index in [1.807, 2.05) is 19.1 Å². The number of amides is 1. The molecule has 2 N–H and O–H groups in total. The first-order valence-corrected chi connectivity index (χ1v) is 8.40. The van der Waals surface area contributed by atoms with Crippen molar-refractivity contribution in [3.8, 4) is 11.5 Å². The van der Waals surface area contributed by atoms with E-state index in [4.69, 9.17) is 4.74 Å². The Morgan fingerprint density at radius 1 is 1.38 bits per heavy atom. The number of phenols is 1. The number of nitro groups is 1. The van der Waals surface area contributed by atoms with Crippen LogP contribution in [0.15, 0.2) is 46.0 Å². The Morgan fingerprint density at radius 2 is 2.15 bits per heavy atom. The summed E-state index contributed by atoms with van der Waals surface area (Å²) in [5.74, 6) is -0.297. The molecule has 2 aromatic carbocycles. The smallest absolute Gasteiger partial charge is 0.311 e. The van der Waals surface area contributed by atoms with E-state index in [1.54, 1.807) is 6.07 Å². The summed E-state index contributed by atoms with van der Waals surface area (Å²) in [6, 6.07) is 9.28. The van der Waals surface area contributed by atoms with Crippen LogP contribution in [-0.4, -0.2) is 28.8 Å². The van der Waals surface area contributed by atoms with E-state index < -0.39 is 22.3 Å². The van der Waals surface area contributed by atoms with Gasteiger partial charge in [0.05, 0.1) is 11.1 Å². The Labute approximate surface area is 157 Å². The topological polar surface area (TPSA) is 114 Å². The molecule has 0 aliphatic rings. The third-order valence-corrected chi connectivity index (χ3v) is 3.85. The number of aryl methyl sites for hydroxylation is 1. The van der Waals surface area contributed by atoms with Crippen molar-refractivity contribution in [3.63, 3.8) is 0 Å². The van der Waals surface area contributed by atoms with E-state index in [9.17, 15) is 20.0 Å². The summed E-state index contributed by atoms with van der Waals surface area (Å²) in [5, 5.41) is 23.9. The van der Waals surface area contributed by atoms with Gasteiger partial charge in [-0.1, -0.05) is 22.9 Å². The van der Waals surface area contributed by atoms with Crippen LogP contribution < -0.4 is 10.2 Å². The number of carbonyl (C=O) groups excluding carboxylic acids is 1. The van der Waals surface area contributed by atoms with Gasteiger partial charge in [-0.3, -0.25) is 14.9 Å². The number of nitrogens with zero attached hydrogens (tertiary/aromatic N) is 2. The van der Waals surface area contributed by atoms with Crippen LogP contribution in [0.5, 0.6) is 11.5 Å². The van der Waals surface area contributed by atoms with Crippen LogP contribution in [0.25, 0.3) is 0 Å². The summed E-state index contributed by atoms with van der Waals surface area (Å²) in [6.07, 6.45) is 2.00. The zero-order chi connectivity index (χ0) is 19.1. The molecular weight excluding hydrogens is 406 g/mol. The van der Waals surface area contributed by atoms with Gasteiger partial charge in [0.15, 0.2) is 12.4 Å². The monoisotopic (exact) mass is 421 g/mol. The molecule has 0 saturated carbocycles. The lowest BCUT2D eigenvalue weighted by molar-refractivity contribution is -0.385. The summed E-state index contributed by atoms with van der Waals surface area (Å²) in [6.45, 7) is 1.76. The predicted molar refractivity (Wildman–Crippen MR) is 99.5 cm³/mol. The lowest BCUT2D eigenvalue weighted by Crippen LogP contribution is -2.24. The summed E-state index contributed by atoms with van der Waals surface area (Å²) in [4.78, 5) is 21.9. The molecule has 0 fully saturated rings. The number of hydrogen-bond donors (Lipinski definition) is 2. The first-order chi connectivity index (χ1) is 12.4. The number of nitrogens with one attached hydrogen (secondary N) is 1. The van der Waals surface area contributed by atoms with Crippen LogP contribution in [0.4, 0.5) is 5.69 Å². The maximum Gasteiger partial charge on any atom is 0.311 e. The van der Waals surface area contributed by atoms with Crippen LogP contribution in [-0.2, 0) is 11.2 Å². The molecule has 0 aliphatic carbocycles. The molecule has 9 heteroatoms. The van der Waals surface area contributed by atoms with E-state index in [1.165, 1.54) is 18.3 Å². The predicted octanol–water partition coefficient (Wildman–Crippen LogP) is 3.15. The van der Waals surface area contributed by atoms with Gasteiger partial charge >= 0.3 is 5.69 Å². The Balaban J connectivity index is 1.92. The molecule has 0 atom stereocenters. The number of carbonyl (C=O) groups is 1. The van der Waals surface area contributed by atoms with E-state index in [2.05, 4.69) is 26.5 Å². The lowest BCUT2D eigenvalue weighted by atomic mass is 10.1. The van der Waals surface area contributed by atoms with Gasteiger partial charge < -0.3 is 9.84 Å². The molecule has 8 nitrogen and oxygen atoms in total. The maximum atomic E-state index is 11.8. The van der Waals surface area contributed by atoms with Gasteiger partial charge in [0.1, 0.15) is 5.75 Å². The second kappa shape index (κ2) is 8.95. The van der Waals surface area contributed by atoms with Crippen LogP contribution in [0.2, 0.25) is 0 Å². The number of nitro benzene ring substituents is 1. The van der Waals surface area contributed by atoms with Crippen molar-refractivity contribution in [1.29, 1.82) is 0 Å². The normalized spacial score (nSPS) is 10.7. The molecule has 0 bridgehead atoms. The van der Waals surface area contributed by atoms with Crippen LogP contribution >= 0.6 is 15.9 Å². The molecule has 0 saturated heterocycles. The number of rotatable bonds is 7. The van der Waals surface area contributed by atoms with Crippen molar-refractivity contribution in [2.75, 3.05) is 6.61 Å². The summed E-state index contributed by atoms with van der Waals surface area (Å²) < 4.78 is 6.41. The second-order valence-electron chi connectivity index (χ2n) is 5.19. The highest BCUT2D eigenvalue weighted by Crippen LogP contribution is 2.25. The van der Waals surface area contributed by atoms with Gasteiger partial charge in [-0.2, -0.15) is 5.10 Å². The first-order valence-electron chi connectivity index (χ1n) is 7.61. The second-order valence-corrected chi connectivity index (χ2v) is 6.11. The Morgan fingerprint density at radius 3 is 2.85 bits per heavy atom. The number of hydrogen-bond acceptors (Lipinski definition) is 6. The molecule has 0 aliphatic heterocycles. The molecular formula is C17H16BrN3O5. The first kappa shape index (κ1) is 19.4. The summed E-state index contributed by atoms with van der Waals surface area (Å²) in [5.41, 5.74) is 3.16. The molecule has 0 unspecified atom stereocenters. The average molecular weight is 422 g/mol. The largest absolute Gasteiger partial charge is 0.502 e. The standard InChI is InChI=1S/C17H16BrN3O5/c1-2-12-8-13(18)4-6-16(12)26-10-17(23)20-19-9-11-3-5-15(22)14(7-11)21(24)25/h3-9,22H,2,10H2,1H3,(H,20,23)/b19-9+. The fraction of sp³-hybridized carbons (Fsp3) is 0.176. The molecule has 2 aromatic rings. The van der Waals surface area contributed by atoms with Crippen molar-refractivity contribution in [3.05, 3.63) is 62.1 Å². The molecule has 136 valence electrons. The van der Waals surface area contributed by atoms with Crippen molar-refractivity contribution in [2.45, 2.75) is 13.3 Å². The zero-order valence-corrected chi connectivity index (χ0v) is 15.4. The third kappa shape index (κ3) is 5.28. The van der Waals surface area contributed by atoms with Crippen molar-refractivity contribution in [1.82, 2.24) is 5.43 Å². The van der Waals surface area contributed by atoms with Crippen LogP contribution in [0.3, 0.4) is 0 Å². The highest BCUT2D eigenvalue weighted by molar-refractivity contribution is 9.10. The Kier molecular flexibility index (Phi) is 6.67. The summed E-state index contributed by atoms with van der Waals surface area (Å²) in [7, 11) is 0. The van der Waals surface area contributed by atoms with Gasteiger partial charge in [0.2, 0.25) is 0 Å². The Hall–Kier alpha value is -2.94. The number of phenolic OH excluding ortho intramolecular Hbond substituents is 1. The molecule has 26 heavy (non-hydrogen) atoms.